The molecule has 0 spiro atoms. The summed E-state index contributed by atoms with van der Waals surface area (Å²) in [4.78, 5) is 5.63. The Morgan fingerprint density at radius 3 is 2.60 bits per heavy atom. The average molecular weight is 426 g/mol. The van der Waals surface area contributed by atoms with Crippen molar-refractivity contribution < 1.29 is 14.6 Å². The van der Waals surface area contributed by atoms with E-state index in [0.29, 0.717) is 27.3 Å². The summed E-state index contributed by atoms with van der Waals surface area (Å²) in [7, 11) is 0. The molecule has 0 radical (unpaired) electrons. The van der Waals surface area contributed by atoms with Crippen LogP contribution in [0.1, 0.15) is 44.6 Å². The van der Waals surface area contributed by atoms with Gasteiger partial charge in [-0.05, 0) is 44.0 Å². The number of aromatic nitrogens is 1. The van der Waals surface area contributed by atoms with Crippen LogP contribution in [-0.4, -0.2) is 26.6 Å². The standard InChI is InChI=1S/C23H24FN3O2S/c1-15(18-12-11-17(28)13-22(18)29)26-27-21(19-9-5-6-10-20(19)24)14-30-23(27)25-16-7-3-2-4-8-16/h5-6,9-14,16,28-29H,2-4,7-8H2,1H3. The number of aromatic hydroxyl groups is 2. The SMILES string of the molecule is CC(=Nn1c(-c2ccccc2F)csc1=NC1CCCCC1)c1ccc(O)cc1O. The summed E-state index contributed by atoms with van der Waals surface area (Å²) in [6.45, 7) is 1.77. The van der Waals surface area contributed by atoms with E-state index >= 15 is 0 Å². The molecule has 4 rings (SSSR count). The second-order valence-corrected chi connectivity index (χ2v) is 8.34. The van der Waals surface area contributed by atoms with E-state index in [-0.39, 0.29) is 23.4 Å². The Bertz CT molecular complexity index is 1140. The van der Waals surface area contributed by atoms with Crippen molar-refractivity contribution in [3.8, 4) is 22.8 Å². The molecule has 1 heterocycles. The van der Waals surface area contributed by atoms with Crippen LogP contribution in [-0.2, 0) is 0 Å². The van der Waals surface area contributed by atoms with Gasteiger partial charge in [-0.1, -0.05) is 31.4 Å². The van der Waals surface area contributed by atoms with Crippen molar-refractivity contribution in [2.45, 2.75) is 45.1 Å². The summed E-state index contributed by atoms with van der Waals surface area (Å²) < 4.78 is 16.2. The van der Waals surface area contributed by atoms with Crippen LogP contribution in [0.25, 0.3) is 11.3 Å². The summed E-state index contributed by atoms with van der Waals surface area (Å²) in [5, 5.41) is 26.4. The third kappa shape index (κ3) is 4.31. The molecule has 0 saturated heterocycles. The third-order valence-electron chi connectivity index (χ3n) is 5.32. The van der Waals surface area contributed by atoms with Crippen LogP contribution in [0.5, 0.6) is 11.5 Å². The van der Waals surface area contributed by atoms with Crippen LogP contribution in [0.4, 0.5) is 4.39 Å². The number of hydrogen-bond acceptors (Lipinski definition) is 5. The Morgan fingerprint density at radius 2 is 1.87 bits per heavy atom. The molecule has 156 valence electrons. The van der Waals surface area contributed by atoms with Crippen LogP contribution in [0.3, 0.4) is 0 Å². The van der Waals surface area contributed by atoms with Gasteiger partial charge in [0.15, 0.2) is 0 Å². The highest BCUT2D eigenvalue weighted by Gasteiger charge is 2.16. The van der Waals surface area contributed by atoms with Gasteiger partial charge in [0.1, 0.15) is 17.3 Å². The fourth-order valence-electron chi connectivity index (χ4n) is 3.74. The molecule has 7 heteroatoms. The molecule has 1 aromatic heterocycles. The number of phenolic OH excluding ortho intramolecular Hbond substituents is 2. The molecule has 0 bridgehead atoms. The molecule has 2 aromatic carbocycles. The highest BCUT2D eigenvalue weighted by atomic mass is 32.1. The van der Waals surface area contributed by atoms with Crippen LogP contribution in [0.2, 0.25) is 0 Å². The lowest BCUT2D eigenvalue weighted by Crippen LogP contribution is -2.20. The van der Waals surface area contributed by atoms with Crippen molar-refractivity contribution in [1.82, 2.24) is 4.68 Å². The predicted octanol–water partition coefficient (Wildman–Crippen LogP) is 5.27. The molecule has 0 amide bonds. The zero-order valence-electron chi connectivity index (χ0n) is 16.8. The first-order valence-corrected chi connectivity index (χ1v) is 11.0. The normalized spacial score (nSPS) is 16.2. The highest BCUT2D eigenvalue weighted by molar-refractivity contribution is 7.07. The molecular formula is C23H24FN3O2S. The van der Waals surface area contributed by atoms with Gasteiger partial charge in [-0.25, -0.2) is 9.07 Å². The van der Waals surface area contributed by atoms with Crippen molar-refractivity contribution in [2.75, 3.05) is 0 Å². The highest BCUT2D eigenvalue weighted by Crippen LogP contribution is 2.26. The van der Waals surface area contributed by atoms with Crippen molar-refractivity contribution in [3.63, 3.8) is 0 Å². The number of benzene rings is 2. The summed E-state index contributed by atoms with van der Waals surface area (Å²) in [6.07, 6.45) is 5.68. The van der Waals surface area contributed by atoms with E-state index in [2.05, 4.69) is 0 Å². The molecule has 2 N–H and O–H groups in total. The molecule has 1 fully saturated rings. The van der Waals surface area contributed by atoms with Gasteiger partial charge in [0.2, 0.25) is 4.80 Å². The fourth-order valence-corrected chi connectivity index (χ4v) is 4.63. The minimum Gasteiger partial charge on any atom is -0.508 e. The molecule has 3 aromatic rings. The van der Waals surface area contributed by atoms with Gasteiger partial charge in [0, 0.05) is 22.6 Å². The van der Waals surface area contributed by atoms with E-state index < -0.39 is 0 Å². The monoisotopic (exact) mass is 425 g/mol. The summed E-state index contributed by atoms with van der Waals surface area (Å²) in [6, 6.07) is 11.2. The van der Waals surface area contributed by atoms with E-state index in [1.165, 1.54) is 48.8 Å². The summed E-state index contributed by atoms with van der Waals surface area (Å²) >= 11 is 1.44. The smallest absolute Gasteiger partial charge is 0.206 e. The Labute approximate surface area is 178 Å². The lowest BCUT2D eigenvalue weighted by molar-refractivity contribution is 0.435. The van der Waals surface area contributed by atoms with Gasteiger partial charge < -0.3 is 10.2 Å². The van der Waals surface area contributed by atoms with Crippen molar-refractivity contribution >= 4 is 17.0 Å². The zero-order chi connectivity index (χ0) is 21.1. The molecular weight excluding hydrogens is 401 g/mol. The minimum absolute atomic E-state index is 0.0210. The van der Waals surface area contributed by atoms with E-state index in [0.717, 1.165) is 12.8 Å². The number of thiazole rings is 1. The molecule has 1 aliphatic carbocycles. The average Bonchev–Trinajstić information content (AvgIpc) is 3.11. The van der Waals surface area contributed by atoms with Gasteiger partial charge in [-0.15, -0.1) is 11.3 Å². The van der Waals surface area contributed by atoms with Crippen LogP contribution < -0.4 is 4.80 Å². The lowest BCUT2D eigenvalue weighted by Gasteiger charge is -2.17. The lowest BCUT2D eigenvalue weighted by atomic mass is 9.96. The molecule has 30 heavy (non-hydrogen) atoms. The number of halogens is 1. The van der Waals surface area contributed by atoms with Gasteiger partial charge in [-0.2, -0.15) is 5.10 Å². The second kappa shape index (κ2) is 8.83. The van der Waals surface area contributed by atoms with Gasteiger partial charge in [-0.3, -0.25) is 4.99 Å². The maximum absolute atomic E-state index is 14.5. The molecule has 0 aliphatic heterocycles. The largest absolute Gasteiger partial charge is 0.508 e. The topological polar surface area (TPSA) is 70.1 Å². The second-order valence-electron chi connectivity index (χ2n) is 7.50. The molecule has 0 atom stereocenters. The van der Waals surface area contributed by atoms with Gasteiger partial charge in [0.25, 0.3) is 0 Å². The number of phenols is 2. The number of nitrogens with zero attached hydrogens (tertiary/aromatic N) is 3. The Kier molecular flexibility index (Phi) is 5.99. The number of rotatable bonds is 4. The van der Waals surface area contributed by atoms with E-state index in [1.807, 2.05) is 5.38 Å². The summed E-state index contributed by atoms with van der Waals surface area (Å²) in [5.41, 5.74) is 2.10. The van der Waals surface area contributed by atoms with Gasteiger partial charge in [0.05, 0.1) is 17.4 Å². The molecule has 1 aliphatic rings. The van der Waals surface area contributed by atoms with E-state index in [9.17, 15) is 14.6 Å². The van der Waals surface area contributed by atoms with Crippen LogP contribution in [0, 0.1) is 5.82 Å². The fraction of sp³-hybridized carbons (Fsp3) is 0.304. The first-order valence-electron chi connectivity index (χ1n) is 10.1. The molecule has 0 unspecified atom stereocenters. The Balaban J connectivity index is 1.85. The quantitative estimate of drug-likeness (QED) is 0.559. The Hall–Kier alpha value is -2.93. The van der Waals surface area contributed by atoms with Crippen molar-refractivity contribution in [1.29, 1.82) is 0 Å². The maximum Gasteiger partial charge on any atom is 0.206 e. The Morgan fingerprint density at radius 1 is 1.10 bits per heavy atom. The minimum atomic E-state index is -0.325. The van der Waals surface area contributed by atoms with Crippen LogP contribution >= 0.6 is 11.3 Å². The third-order valence-corrected chi connectivity index (χ3v) is 6.15. The van der Waals surface area contributed by atoms with Crippen molar-refractivity contribution in [3.05, 3.63) is 64.0 Å². The first-order chi connectivity index (χ1) is 14.5. The zero-order valence-corrected chi connectivity index (χ0v) is 17.6. The summed E-state index contributed by atoms with van der Waals surface area (Å²) in [5.74, 6) is -0.411. The predicted molar refractivity (Wildman–Crippen MR) is 118 cm³/mol. The maximum atomic E-state index is 14.5. The van der Waals surface area contributed by atoms with E-state index in [4.69, 9.17) is 10.1 Å². The van der Waals surface area contributed by atoms with Gasteiger partial charge >= 0.3 is 0 Å². The number of hydrogen-bond donors (Lipinski definition) is 2. The van der Waals surface area contributed by atoms with Crippen LogP contribution in [0.15, 0.2) is 57.9 Å². The van der Waals surface area contributed by atoms with Crippen molar-refractivity contribution in [2.24, 2.45) is 10.1 Å². The molecule has 1 saturated carbocycles. The first kappa shape index (κ1) is 20.3. The molecule has 5 nitrogen and oxygen atoms in total. The van der Waals surface area contributed by atoms with E-state index in [1.54, 1.807) is 35.9 Å².